The van der Waals surface area contributed by atoms with E-state index in [0.29, 0.717) is 0 Å². The van der Waals surface area contributed by atoms with Crippen LogP contribution in [-0.2, 0) is 33.3 Å². The van der Waals surface area contributed by atoms with Gasteiger partial charge in [0.2, 0.25) is 17.0 Å². The van der Waals surface area contributed by atoms with Crippen LogP contribution in [0.25, 0.3) is 0 Å². The van der Waals surface area contributed by atoms with Gasteiger partial charge in [-0.2, -0.15) is 0 Å². The van der Waals surface area contributed by atoms with Crippen LogP contribution in [0.1, 0.15) is 25.7 Å². The summed E-state index contributed by atoms with van der Waals surface area (Å²) in [6.07, 6.45) is 3.44. The average Bonchev–Trinajstić information content (AvgIpc) is 2.98. The fourth-order valence-corrected chi connectivity index (χ4v) is 5.01. The minimum absolute atomic E-state index is 0.187. The highest BCUT2D eigenvalue weighted by Crippen LogP contribution is 2.73. The van der Waals surface area contributed by atoms with Gasteiger partial charge in [0.25, 0.3) is 0 Å². The standard InChI is InChI=1S/C15H22O7/c1-18-11(16)13-9-7-5-6-8-10(9)14(22-13,12(17)19-2)15(13,20-3)21-4/h9-10H,5-8H2,1-4H3/t9-,10+,13+,14-. The van der Waals surface area contributed by atoms with Crippen molar-refractivity contribution >= 4 is 11.9 Å². The molecular weight excluding hydrogens is 292 g/mol. The van der Waals surface area contributed by atoms with Crippen molar-refractivity contribution < 1.29 is 33.3 Å². The van der Waals surface area contributed by atoms with E-state index in [2.05, 4.69) is 0 Å². The molecule has 0 unspecified atom stereocenters. The zero-order valence-electron chi connectivity index (χ0n) is 13.3. The monoisotopic (exact) mass is 314 g/mol. The number of carbonyl (C=O) groups is 2. The Balaban J connectivity index is 2.20. The molecule has 2 aliphatic heterocycles. The smallest absolute Gasteiger partial charge is 0.344 e. The summed E-state index contributed by atoms with van der Waals surface area (Å²) in [5.41, 5.74) is -2.82. The van der Waals surface area contributed by atoms with Crippen LogP contribution in [-0.4, -0.2) is 57.4 Å². The molecule has 2 heterocycles. The highest BCUT2D eigenvalue weighted by atomic mass is 16.8. The number of carbonyl (C=O) groups excluding carboxylic acids is 2. The number of methoxy groups -OCH3 is 4. The maximum absolute atomic E-state index is 12.6. The first-order chi connectivity index (χ1) is 10.5. The van der Waals surface area contributed by atoms with Gasteiger partial charge >= 0.3 is 11.9 Å². The molecule has 2 bridgehead atoms. The Labute approximate surface area is 129 Å². The molecule has 4 atom stereocenters. The van der Waals surface area contributed by atoms with Gasteiger partial charge in [0.15, 0.2) is 0 Å². The van der Waals surface area contributed by atoms with Crippen molar-refractivity contribution in [2.24, 2.45) is 11.8 Å². The van der Waals surface area contributed by atoms with Gasteiger partial charge in [0, 0.05) is 26.1 Å². The molecule has 2 saturated heterocycles. The first-order valence-corrected chi connectivity index (χ1v) is 7.49. The van der Waals surface area contributed by atoms with Crippen molar-refractivity contribution in [3.05, 3.63) is 0 Å². The number of ether oxygens (including phenoxy) is 5. The first-order valence-electron chi connectivity index (χ1n) is 7.49. The second kappa shape index (κ2) is 4.91. The van der Waals surface area contributed by atoms with Crippen LogP contribution in [0.15, 0.2) is 0 Å². The van der Waals surface area contributed by atoms with E-state index in [1.807, 2.05) is 0 Å². The molecule has 4 rings (SSSR count). The number of esters is 2. The number of hydrogen-bond acceptors (Lipinski definition) is 7. The van der Waals surface area contributed by atoms with Gasteiger partial charge < -0.3 is 23.7 Å². The Morgan fingerprint density at radius 3 is 1.59 bits per heavy atom. The minimum atomic E-state index is -1.51. The van der Waals surface area contributed by atoms with Crippen molar-refractivity contribution in [1.82, 2.24) is 0 Å². The summed E-state index contributed by atoms with van der Waals surface area (Å²) in [7, 11) is 5.42. The maximum atomic E-state index is 12.6. The predicted molar refractivity (Wildman–Crippen MR) is 72.8 cm³/mol. The maximum Gasteiger partial charge on any atom is 0.344 e. The van der Waals surface area contributed by atoms with E-state index in [1.165, 1.54) is 28.4 Å². The summed E-state index contributed by atoms with van der Waals surface area (Å²) in [6.45, 7) is 0. The molecule has 2 saturated carbocycles. The molecule has 0 aromatic rings. The van der Waals surface area contributed by atoms with Gasteiger partial charge in [-0.15, -0.1) is 0 Å². The normalized spacial score (nSPS) is 41.3. The van der Waals surface area contributed by atoms with E-state index in [1.54, 1.807) is 0 Å². The van der Waals surface area contributed by atoms with Crippen LogP contribution >= 0.6 is 0 Å². The van der Waals surface area contributed by atoms with Crippen molar-refractivity contribution in [3.8, 4) is 0 Å². The molecule has 2 aliphatic carbocycles. The molecule has 7 nitrogen and oxygen atoms in total. The van der Waals surface area contributed by atoms with Gasteiger partial charge in [-0.25, -0.2) is 9.59 Å². The van der Waals surface area contributed by atoms with Crippen LogP contribution in [0, 0.1) is 11.8 Å². The van der Waals surface area contributed by atoms with E-state index >= 15 is 0 Å². The summed E-state index contributed by atoms with van der Waals surface area (Å²) >= 11 is 0. The highest BCUT2D eigenvalue weighted by Gasteiger charge is 2.96. The molecule has 0 spiro atoms. The zero-order valence-corrected chi connectivity index (χ0v) is 13.3. The SMILES string of the molecule is COC(=O)[C@@]12O[C@@](C(=O)OC)([C@H]3CCCC[C@H]31)C2(OC)OC. The van der Waals surface area contributed by atoms with Gasteiger partial charge in [0.1, 0.15) is 0 Å². The van der Waals surface area contributed by atoms with Crippen LogP contribution in [0.2, 0.25) is 0 Å². The van der Waals surface area contributed by atoms with Gasteiger partial charge in [-0.3, -0.25) is 0 Å². The Kier molecular flexibility index (Phi) is 3.50. The topological polar surface area (TPSA) is 80.3 Å². The van der Waals surface area contributed by atoms with Crippen molar-refractivity contribution in [3.63, 3.8) is 0 Å². The molecule has 0 aromatic heterocycles. The van der Waals surface area contributed by atoms with E-state index in [4.69, 9.17) is 23.7 Å². The van der Waals surface area contributed by atoms with Crippen LogP contribution in [0.4, 0.5) is 0 Å². The summed E-state index contributed by atoms with van der Waals surface area (Å²) in [6, 6.07) is 0. The summed E-state index contributed by atoms with van der Waals surface area (Å²) < 4.78 is 27.1. The molecular formula is C15H22O7. The Morgan fingerprint density at radius 1 is 0.864 bits per heavy atom. The summed E-state index contributed by atoms with van der Waals surface area (Å²) in [5.74, 6) is -3.02. The Morgan fingerprint density at radius 2 is 1.27 bits per heavy atom. The minimum Gasteiger partial charge on any atom is -0.467 e. The Bertz CT molecular complexity index is 460. The second-order valence-electron chi connectivity index (χ2n) is 6.08. The van der Waals surface area contributed by atoms with Gasteiger partial charge in [-0.05, 0) is 12.8 Å². The largest absolute Gasteiger partial charge is 0.467 e. The summed E-state index contributed by atoms with van der Waals surface area (Å²) in [4.78, 5) is 25.1. The molecule has 22 heavy (non-hydrogen) atoms. The highest BCUT2D eigenvalue weighted by molar-refractivity contribution is 5.94. The quantitative estimate of drug-likeness (QED) is 0.556. The van der Waals surface area contributed by atoms with Crippen molar-refractivity contribution in [1.29, 1.82) is 0 Å². The zero-order chi connectivity index (χ0) is 16.2. The fourth-order valence-electron chi connectivity index (χ4n) is 5.01. The van der Waals surface area contributed by atoms with E-state index in [-0.39, 0.29) is 11.8 Å². The lowest BCUT2D eigenvalue weighted by molar-refractivity contribution is -0.445. The molecule has 0 amide bonds. The van der Waals surface area contributed by atoms with E-state index in [9.17, 15) is 9.59 Å². The lowest BCUT2D eigenvalue weighted by Crippen LogP contribution is -2.84. The summed E-state index contributed by atoms with van der Waals surface area (Å²) in [5, 5.41) is 0. The van der Waals surface area contributed by atoms with E-state index in [0.717, 1.165) is 25.7 Å². The fraction of sp³-hybridized carbons (Fsp3) is 0.867. The molecule has 4 fully saturated rings. The third kappa shape index (κ3) is 1.30. The second-order valence-corrected chi connectivity index (χ2v) is 6.08. The Hall–Kier alpha value is -1.18. The van der Waals surface area contributed by atoms with Gasteiger partial charge in [0.05, 0.1) is 14.2 Å². The molecule has 0 aromatic carbocycles. The van der Waals surface area contributed by atoms with Crippen LogP contribution in [0.5, 0.6) is 0 Å². The lowest BCUT2D eigenvalue weighted by atomic mass is 9.76. The van der Waals surface area contributed by atoms with E-state index < -0.39 is 28.9 Å². The molecule has 0 N–H and O–H groups in total. The third-order valence-corrected chi connectivity index (χ3v) is 5.66. The first kappa shape index (κ1) is 15.7. The predicted octanol–water partition coefficient (Wildman–Crippen LogP) is 0.649. The molecule has 4 aliphatic rings. The lowest BCUT2D eigenvalue weighted by Gasteiger charge is -2.58. The van der Waals surface area contributed by atoms with Crippen molar-refractivity contribution in [2.45, 2.75) is 42.7 Å². The van der Waals surface area contributed by atoms with Crippen LogP contribution in [0.3, 0.4) is 0 Å². The third-order valence-electron chi connectivity index (χ3n) is 5.66. The number of hydrogen-bond donors (Lipinski definition) is 0. The average molecular weight is 314 g/mol. The molecule has 124 valence electrons. The van der Waals surface area contributed by atoms with Crippen molar-refractivity contribution in [2.75, 3.05) is 28.4 Å². The molecule has 7 heteroatoms. The van der Waals surface area contributed by atoms with Crippen LogP contribution < -0.4 is 0 Å². The number of rotatable bonds is 4. The molecule has 0 radical (unpaired) electrons. The van der Waals surface area contributed by atoms with Gasteiger partial charge in [-0.1, -0.05) is 12.8 Å².